The van der Waals surface area contributed by atoms with Crippen molar-refractivity contribution in [3.05, 3.63) is 163 Å². The first-order valence-electron chi connectivity index (χ1n) is 16.8. The number of nitrogens with one attached hydrogen (secondary N) is 1. The van der Waals surface area contributed by atoms with Gasteiger partial charge < -0.3 is 25.3 Å². The first kappa shape index (κ1) is 41.6. The second-order valence-electron chi connectivity index (χ2n) is 12.4. The number of amides is 1. The summed E-state index contributed by atoms with van der Waals surface area (Å²) in [6.07, 6.45) is 0.655. The number of rotatable bonds is 10. The fourth-order valence-electron chi connectivity index (χ4n) is 4.95. The van der Waals surface area contributed by atoms with E-state index in [0.29, 0.717) is 51.0 Å². The number of hydrogen-bond acceptors (Lipinski definition) is 9. The van der Waals surface area contributed by atoms with Crippen molar-refractivity contribution < 1.29 is 28.9 Å². The average molecular weight is 781 g/mol. The molecule has 1 aromatic heterocycles. The number of carboxylic acids is 1. The van der Waals surface area contributed by atoms with E-state index >= 15 is 0 Å². The van der Waals surface area contributed by atoms with E-state index in [9.17, 15) is 29.4 Å². The van der Waals surface area contributed by atoms with Gasteiger partial charge in [0, 0.05) is 28.8 Å². The number of guanidine groups is 1. The number of carbonyl (C=O) groups excluding carboxylic acids is 1. The molecule has 0 saturated carbocycles. The highest BCUT2D eigenvalue weighted by atomic mass is 35.5. The Labute approximate surface area is 325 Å². The molecular weight excluding hydrogens is 744 g/mol. The van der Waals surface area contributed by atoms with E-state index in [-0.39, 0.29) is 11.3 Å². The molecule has 5 aromatic carbocycles. The van der Waals surface area contributed by atoms with Crippen LogP contribution in [0.1, 0.15) is 29.8 Å². The van der Waals surface area contributed by atoms with Crippen LogP contribution in [-0.4, -0.2) is 52.2 Å². The van der Waals surface area contributed by atoms with E-state index in [0.717, 1.165) is 28.9 Å². The monoisotopic (exact) mass is 780 g/mol. The molecule has 0 aliphatic heterocycles. The maximum atomic E-state index is 12.5. The van der Waals surface area contributed by atoms with Gasteiger partial charge in [-0.3, -0.25) is 9.59 Å². The minimum absolute atomic E-state index is 0.00750. The van der Waals surface area contributed by atoms with Crippen LogP contribution in [0.2, 0.25) is 5.02 Å². The predicted molar refractivity (Wildman–Crippen MR) is 214 cm³/mol. The van der Waals surface area contributed by atoms with Crippen LogP contribution in [0, 0.1) is 15.0 Å². The summed E-state index contributed by atoms with van der Waals surface area (Å²) in [6, 6.07) is 36.8. The zero-order valence-corrected chi connectivity index (χ0v) is 31.2. The zero-order chi connectivity index (χ0) is 40.8. The average Bonchev–Trinajstić information content (AvgIpc) is 3.19. The number of aliphatic carboxylic acids is 1. The van der Waals surface area contributed by atoms with Crippen LogP contribution in [0.5, 0.6) is 5.75 Å². The number of carbonyl (C=O) groups is 2. The van der Waals surface area contributed by atoms with E-state index < -0.39 is 22.6 Å². The number of hydrazine groups is 1. The maximum Gasteiger partial charge on any atom is 0.347 e. The Balaban J connectivity index is 0.000000203. The Morgan fingerprint density at radius 2 is 1.61 bits per heavy atom. The molecule has 288 valence electrons. The van der Waals surface area contributed by atoms with Gasteiger partial charge >= 0.3 is 5.97 Å². The largest absolute Gasteiger partial charge is 0.478 e. The highest BCUT2D eigenvalue weighted by molar-refractivity contribution is 6.30. The number of ether oxygens (including phenoxy) is 1. The van der Waals surface area contributed by atoms with Gasteiger partial charge in [0.2, 0.25) is 0 Å². The van der Waals surface area contributed by atoms with Gasteiger partial charge in [0.25, 0.3) is 11.9 Å². The predicted octanol–water partition coefficient (Wildman–Crippen LogP) is 7.27. The summed E-state index contributed by atoms with van der Waals surface area (Å²) in [5.41, 5.74) is 6.68. The molecule has 0 bridgehead atoms. The highest BCUT2D eigenvalue weighted by Crippen LogP contribution is 2.27. The number of benzene rings is 5. The van der Waals surface area contributed by atoms with Gasteiger partial charge in [0.15, 0.2) is 16.1 Å². The molecule has 0 saturated heterocycles. The summed E-state index contributed by atoms with van der Waals surface area (Å²) >= 11 is 5.80. The highest BCUT2D eigenvalue weighted by Gasteiger charge is 2.29. The molecule has 15 nitrogen and oxygen atoms in total. The van der Waals surface area contributed by atoms with Crippen molar-refractivity contribution in [1.82, 2.24) is 10.3 Å². The Kier molecular flexibility index (Phi) is 14.3. The molecule has 0 aliphatic rings. The number of halogens is 1. The molecule has 0 fully saturated rings. The normalized spacial score (nSPS) is 11.0. The van der Waals surface area contributed by atoms with Gasteiger partial charge in [-0.2, -0.15) is 0 Å². The van der Waals surface area contributed by atoms with Crippen LogP contribution in [0.15, 0.2) is 141 Å². The van der Waals surface area contributed by atoms with Crippen molar-refractivity contribution in [1.29, 1.82) is 0 Å². The van der Waals surface area contributed by atoms with Gasteiger partial charge in [-0.15, -0.1) is 4.91 Å². The van der Waals surface area contributed by atoms with Crippen LogP contribution >= 0.6 is 11.6 Å². The van der Waals surface area contributed by atoms with Gasteiger partial charge in [-0.1, -0.05) is 94.5 Å². The van der Waals surface area contributed by atoms with Gasteiger partial charge in [-0.25, -0.2) is 14.9 Å². The van der Waals surface area contributed by atoms with Crippen molar-refractivity contribution in [2.45, 2.75) is 25.9 Å². The van der Waals surface area contributed by atoms with Gasteiger partial charge in [0.1, 0.15) is 17.1 Å². The van der Waals surface area contributed by atoms with Crippen molar-refractivity contribution in [3.8, 4) is 17.1 Å². The molecule has 0 radical (unpaired) electrons. The van der Waals surface area contributed by atoms with Crippen LogP contribution < -0.4 is 21.2 Å². The number of nitrogens with two attached hydrogens (primary N) is 1. The third-order valence-corrected chi connectivity index (χ3v) is 8.27. The van der Waals surface area contributed by atoms with Gasteiger partial charge in [0.05, 0.1) is 17.7 Å². The molecule has 4 N–H and O–H groups in total. The number of nitroso groups, excluding NO2 is 1. The maximum absolute atomic E-state index is 12.5. The quantitative estimate of drug-likeness (QED) is 0.0313. The lowest BCUT2D eigenvalue weighted by atomic mass is 10.0. The van der Waals surface area contributed by atoms with E-state index in [1.165, 1.54) is 13.8 Å². The lowest BCUT2D eigenvalue weighted by Crippen LogP contribution is -2.37. The number of carboxylic acid groups (broad SMARTS) is 1. The van der Waals surface area contributed by atoms with Crippen molar-refractivity contribution >= 4 is 51.2 Å². The Morgan fingerprint density at radius 1 is 0.964 bits per heavy atom. The van der Waals surface area contributed by atoms with E-state index in [4.69, 9.17) is 31.6 Å². The molecule has 6 aromatic rings. The molecule has 6 rings (SSSR count). The molecule has 0 atom stereocenters. The lowest BCUT2D eigenvalue weighted by Gasteiger charge is -2.21. The molecule has 16 heteroatoms. The second-order valence-corrected chi connectivity index (χ2v) is 12.8. The smallest absolute Gasteiger partial charge is 0.347 e. The summed E-state index contributed by atoms with van der Waals surface area (Å²) in [5, 5.41) is 29.2. The molecular formula is C40H37ClN6O9. The number of nitrogens with zero attached hydrogens (tertiary/aromatic N) is 4. The van der Waals surface area contributed by atoms with Crippen LogP contribution in [0.25, 0.3) is 33.1 Å². The summed E-state index contributed by atoms with van der Waals surface area (Å²) < 4.78 is 11.4. The molecule has 1 heterocycles. The van der Waals surface area contributed by atoms with E-state index in [1.807, 2.05) is 84.1 Å². The Bertz CT molecular complexity index is 2400. The summed E-state index contributed by atoms with van der Waals surface area (Å²) in [7, 11) is 1.05. The van der Waals surface area contributed by atoms with Crippen molar-refractivity contribution in [3.63, 3.8) is 0 Å². The Hall–Kier alpha value is -7.13. The van der Waals surface area contributed by atoms with Gasteiger partial charge in [-0.05, 0) is 79.1 Å². The van der Waals surface area contributed by atoms with Crippen molar-refractivity contribution in [2.24, 2.45) is 16.1 Å². The SMILES string of the molecule is CC(C)(Oc1ccc(CCNC(=O)c2ccc(Cl)cc2)cc1)C(=O)O.CN(/C(N)=N/N=O)[N+](=O)[O-].O=c1cc(-c2ccccc2)oc2ccc3ccccc3c12. The van der Waals surface area contributed by atoms with Crippen LogP contribution in [0.3, 0.4) is 0 Å². The molecule has 0 spiro atoms. The summed E-state index contributed by atoms with van der Waals surface area (Å²) in [6.45, 7) is 3.48. The van der Waals surface area contributed by atoms with Crippen LogP contribution in [0.4, 0.5) is 0 Å². The number of hydrogen-bond donors (Lipinski definition) is 3. The lowest BCUT2D eigenvalue weighted by molar-refractivity contribution is -0.623. The number of nitro groups is 1. The van der Waals surface area contributed by atoms with E-state index in [1.54, 1.807) is 42.5 Å². The Morgan fingerprint density at radius 3 is 2.23 bits per heavy atom. The molecule has 1 amide bonds. The minimum atomic E-state index is -1.28. The second kappa shape index (κ2) is 19.3. The summed E-state index contributed by atoms with van der Waals surface area (Å²) in [5.74, 6) is -0.647. The molecule has 0 unspecified atom stereocenters. The topological polar surface area (TPSA) is 220 Å². The standard InChI is InChI=1S/C19H20ClNO4.C19H12O2.C2H5N5O3/c1-19(2,18(23)24)25-16-9-3-13(4-10-16)11-12-21-17(22)14-5-7-15(20)8-6-14;20-16-12-18(14-7-2-1-3-8-14)21-17-11-10-13-6-4-5-9-15(13)19(16)17;1-6(7(9)10)2(3)4-5-8/h3-10H,11-12H2,1-2H3,(H,21,22)(H,23,24);1-12H;1H3,(H2,3,4,8). The minimum Gasteiger partial charge on any atom is -0.478 e. The first-order chi connectivity index (χ1) is 26.7. The zero-order valence-electron chi connectivity index (χ0n) is 30.4. The van der Waals surface area contributed by atoms with Crippen molar-refractivity contribution in [2.75, 3.05) is 13.6 Å². The number of fused-ring (bicyclic) bond motifs is 3. The first-order valence-corrected chi connectivity index (χ1v) is 17.2. The van der Waals surface area contributed by atoms with E-state index in [2.05, 4.69) is 10.4 Å². The molecule has 56 heavy (non-hydrogen) atoms. The fraction of sp³-hybridized carbons (Fsp3) is 0.150. The summed E-state index contributed by atoms with van der Waals surface area (Å²) in [4.78, 5) is 54.8. The third-order valence-electron chi connectivity index (χ3n) is 8.01. The van der Waals surface area contributed by atoms with Crippen LogP contribution in [-0.2, 0) is 11.2 Å². The molecule has 0 aliphatic carbocycles. The fourth-order valence-corrected chi connectivity index (χ4v) is 5.08. The third kappa shape index (κ3) is 11.4.